The fraction of sp³-hybridized carbons (Fsp3) is 0.375. The van der Waals surface area contributed by atoms with E-state index in [1.54, 1.807) is 5.51 Å². The third kappa shape index (κ3) is 1.78. The lowest BCUT2D eigenvalue weighted by molar-refractivity contribution is 0.377. The molecule has 0 aliphatic heterocycles. The Balaban J connectivity index is 2.29. The highest BCUT2D eigenvalue weighted by molar-refractivity contribution is 7.14. The maximum absolute atomic E-state index is 5.89. The number of halogens is 1. The monoisotopic (exact) mass is 229 g/mol. The van der Waals surface area contributed by atoms with Crippen LogP contribution in [0.2, 0.25) is 4.34 Å². The van der Waals surface area contributed by atoms with Crippen molar-refractivity contribution in [1.82, 2.24) is 15.1 Å². The summed E-state index contributed by atoms with van der Waals surface area (Å²) in [6.07, 6.45) is 1.77. The van der Waals surface area contributed by atoms with Crippen molar-refractivity contribution in [2.24, 2.45) is 0 Å². The van der Waals surface area contributed by atoms with Gasteiger partial charge in [0.2, 0.25) is 11.7 Å². The molecule has 74 valence electrons. The summed E-state index contributed by atoms with van der Waals surface area (Å²) in [6.45, 7) is 2.06. The van der Waals surface area contributed by atoms with Crippen molar-refractivity contribution in [2.75, 3.05) is 0 Å². The molecule has 0 fully saturated rings. The van der Waals surface area contributed by atoms with Crippen molar-refractivity contribution < 1.29 is 4.52 Å². The van der Waals surface area contributed by atoms with Gasteiger partial charge in [-0.05, 0) is 6.42 Å². The number of hydrogen-bond acceptors (Lipinski definition) is 5. The summed E-state index contributed by atoms with van der Waals surface area (Å²) < 4.78 is 5.62. The van der Waals surface area contributed by atoms with E-state index in [1.165, 1.54) is 11.3 Å². The summed E-state index contributed by atoms with van der Waals surface area (Å²) in [5, 5.41) is 3.81. The zero-order valence-corrected chi connectivity index (χ0v) is 9.10. The van der Waals surface area contributed by atoms with Crippen molar-refractivity contribution >= 4 is 22.9 Å². The molecule has 2 aromatic rings. The Morgan fingerprint density at radius 2 is 2.43 bits per heavy atom. The number of nitrogens with zero attached hydrogens (tertiary/aromatic N) is 3. The Bertz CT molecular complexity index is 426. The molecule has 14 heavy (non-hydrogen) atoms. The van der Waals surface area contributed by atoms with Crippen LogP contribution in [0, 0.1) is 0 Å². The molecule has 2 rings (SSSR count). The van der Waals surface area contributed by atoms with Crippen molar-refractivity contribution in [2.45, 2.75) is 19.8 Å². The van der Waals surface area contributed by atoms with Gasteiger partial charge in [0.15, 0.2) is 0 Å². The molecule has 2 heterocycles. The predicted molar refractivity (Wildman–Crippen MR) is 54.4 cm³/mol. The van der Waals surface area contributed by atoms with Crippen LogP contribution in [0.4, 0.5) is 0 Å². The van der Waals surface area contributed by atoms with Crippen LogP contribution in [-0.4, -0.2) is 15.1 Å². The second-order valence-electron chi connectivity index (χ2n) is 2.74. The zero-order valence-electron chi connectivity index (χ0n) is 7.53. The van der Waals surface area contributed by atoms with E-state index < -0.39 is 0 Å². The average Bonchev–Trinajstić information content (AvgIpc) is 2.74. The fourth-order valence-electron chi connectivity index (χ4n) is 1.04. The van der Waals surface area contributed by atoms with Gasteiger partial charge in [-0.15, -0.1) is 11.3 Å². The molecule has 0 aliphatic rings. The minimum absolute atomic E-state index is 0.472. The standard InChI is InChI=1S/C8H8ClN3OS/c1-2-3-5-11-8(12-13-5)6-7(9)14-4-10-6/h4H,2-3H2,1H3. The smallest absolute Gasteiger partial charge is 0.226 e. The van der Waals surface area contributed by atoms with Gasteiger partial charge in [-0.2, -0.15) is 4.98 Å². The van der Waals surface area contributed by atoms with Crippen LogP contribution in [0.1, 0.15) is 19.2 Å². The van der Waals surface area contributed by atoms with Crippen LogP contribution in [0.15, 0.2) is 10.0 Å². The van der Waals surface area contributed by atoms with Gasteiger partial charge in [0.25, 0.3) is 0 Å². The summed E-state index contributed by atoms with van der Waals surface area (Å²) in [5.74, 6) is 1.10. The molecule has 0 atom stereocenters. The first-order valence-corrected chi connectivity index (χ1v) is 5.49. The molecule has 0 saturated carbocycles. The minimum atomic E-state index is 0.472. The lowest BCUT2D eigenvalue weighted by Gasteiger charge is -1.85. The summed E-state index contributed by atoms with van der Waals surface area (Å²) in [4.78, 5) is 8.25. The first-order chi connectivity index (χ1) is 6.81. The molecule has 0 radical (unpaired) electrons. The zero-order chi connectivity index (χ0) is 9.97. The third-order valence-corrected chi connectivity index (χ3v) is 2.73. The van der Waals surface area contributed by atoms with Crippen LogP contribution < -0.4 is 0 Å². The molecule has 0 aromatic carbocycles. The van der Waals surface area contributed by atoms with E-state index in [0.29, 0.717) is 21.7 Å². The lowest BCUT2D eigenvalue weighted by Crippen LogP contribution is -1.84. The van der Waals surface area contributed by atoms with Gasteiger partial charge in [0.05, 0.1) is 5.51 Å². The van der Waals surface area contributed by atoms with E-state index in [4.69, 9.17) is 16.1 Å². The summed E-state index contributed by atoms with van der Waals surface area (Å²) in [6, 6.07) is 0. The Morgan fingerprint density at radius 1 is 1.57 bits per heavy atom. The average molecular weight is 230 g/mol. The van der Waals surface area contributed by atoms with Crippen molar-refractivity contribution in [3.05, 3.63) is 15.7 Å². The Hall–Kier alpha value is -0.940. The summed E-state index contributed by atoms with van der Waals surface area (Å²) in [5.41, 5.74) is 2.26. The van der Waals surface area contributed by atoms with Crippen molar-refractivity contribution in [3.63, 3.8) is 0 Å². The summed E-state index contributed by atoms with van der Waals surface area (Å²) >= 11 is 7.25. The van der Waals surface area contributed by atoms with Crippen molar-refractivity contribution in [3.8, 4) is 11.5 Å². The largest absolute Gasteiger partial charge is 0.339 e. The molecule has 6 heteroatoms. The van der Waals surface area contributed by atoms with Crippen LogP contribution in [0.3, 0.4) is 0 Å². The maximum atomic E-state index is 5.89. The predicted octanol–water partition coefficient (Wildman–Crippen LogP) is 2.80. The van der Waals surface area contributed by atoms with Gasteiger partial charge in [-0.25, -0.2) is 4.98 Å². The van der Waals surface area contributed by atoms with Gasteiger partial charge in [-0.1, -0.05) is 23.7 Å². The molecule has 0 amide bonds. The highest BCUT2D eigenvalue weighted by Crippen LogP contribution is 2.27. The van der Waals surface area contributed by atoms with Gasteiger partial charge in [0.1, 0.15) is 10.0 Å². The highest BCUT2D eigenvalue weighted by Gasteiger charge is 2.13. The Morgan fingerprint density at radius 3 is 3.07 bits per heavy atom. The Labute approximate surface area is 89.9 Å². The topological polar surface area (TPSA) is 51.8 Å². The number of hydrogen-bond donors (Lipinski definition) is 0. The molecule has 0 N–H and O–H groups in total. The molecule has 0 unspecified atom stereocenters. The highest BCUT2D eigenvalue weighted by atomic mass is 35.5. The van der Waals surface area contributed by atoms with E-state index in [9.17, 15) is 0 Å². The van der Waals surface area contributed by atoms with Crippen LogP contribution in [0.25, 0.3) is 11.5 Å². The number of rotatable bonds is 3. The Kier molecular flexibility index (Phi) is 2.79. The van der Waals surface area contributed by atoms with E-state index in [2.05, 4.69) is 22.0 Å². The van der Waals surface area contributed by atoms with E-state index in [0.717, 1.165) is 12.8 Å². The SMILES string of the molecule is CCCc1nc(-c2ncsc2Cl)no1. The molecule has 4 nitrogen and oxygen atoms in total. The van der Waals surface area contributed by atoms with E-state index in [-0.39, 0.29) is 0 Å². The second kappa shape index (κ2) is 4.06. The molecule has 0 bridgehead atoms. The first-order valence-electron chi connectivity index (χ1n) is 4.23. The summed E-state index contributed by atoms with van der Waals surface area (Å²) in [7, 11) is 0. The van der Waals surface area contributed by atoms with Gasteiger partial charge in [-0.3, -0.25) is 0 Å². The second-order valence-corrected chi connectivity index (χ2v) is 4.19. The van der Waals surface area contributed by atoms with E-state index >= 15 is 0 Å². The molecule has 2 aromatic heterocycles. The van der Waals surface area contributed by atoms with Gasteiger partial charge >= 0.3 is 0 Å². The molecule has 0 aliphatic carbocycles. The number of aromatic nitrogens is 3. The van der Waals surface area contributed by atoms with Gasteiger partial charge in [0, 0.05) is 6.42 Å². The maximum Gasteiger partial charge on any atom is 0.226 e. The first kappa shape index (κ1) is 9.61. The molecule has 0 spiro atoms. The minimum Gasteiger partial charge on any atom is -0.339 e. The normalized spacial score (nSPS) is 10.7. The number of thiazole rings is 1. The molecular formula is C8H8ClN3OS. The third-order valence-electron chi connectivity index (χ3n) is 1.67. The lowest BCUT2D eigenvalue weighted by atomic mass is 10.3. The van der Waals surface area contributed by atoms with Gasteiger partial charge < -0.3 is 4.52 Å². The quantitative estimate of drug-likeness (QED) is 0.812. The van der Waals surface area contributed by atoms with Crippen molar-refractivity contribution in [1.29, 1.82) is 0 Å². The fourth-order valence-corrected chi connectivity index (χ4v) is 1.80. The van der Waals surface area contributed by atoms with Crippen LogP contribution in [0.5, 0.6) is 0 Å². The molecular weight excluding hydrogens is 222 g/mol. The van der Waals surface area contributed by atoms with Crippen LogP contribution in [-0.2, 0) is 6.42 Å². The van der Waals surface area contributed by atoms with Crippen LogP contribution >= 0.6 is 22.9 Å². The van der Waals surface area contributed by atoms with E-state index in [1.807, 2.05) is 0 Å². The molecule has 0 saturated heterocycles. The number of aryl methyl sites for hydroxylation is 1.